The van der Waals surface area contributed by atoms with E-state index in [2.05, 4.69) is 0 Å². The van der Waals surface area contributed by atoms with Gasteiger partial charge in [-0.25, -0.2) is 4.39 Å². The van der Waals surface area contributed by atoms with Crippen molar-refractivity contribution in [2.24, 2.45) is 0 Å². The summed E-state index contributed by atoms with van der Waals surface area (Å²) in [5, 5.41) is 0. The fraction of sp³-hybridized carbons (Fsp3) is 0.0417. The molecule has 4 nitrogen and oxygen atoms in total. The van der Waals surface area contributed by atoms with Gasteiger partial charge in [-0.05, 0) is 61.0 Å². The van der Waals surface area contributed by atoms with Gasteiger partial charge in [0.25, 0.3) is 0 Å². The second-order valence-corrected chi connectivity index (χ2v) is 8.06. The predicted molar refractivity (Wildman–Crippen MR) is 115 cm³/mol. The maximum Gasteiger partial charge on any atom is 0.339 e. The Bertz CT molecular complexity index is 1190. The Balaban J connectivity index is 1.63. The lowest BCUT2D eigenvalue weighted by molar-refractivity contribution is -0.110. The van der Waals surface area contributed by atoms with E-state index in [4.69, 9.17) is 4.18 Å². The Labute approximate surface area is 175 Å². The monoisotopic (exact) mass is 422 g/mol. The molecule has 152 valence electrons. The van der Waals surface area contributed by atoms with Crippen molar-refractivity contribution in [2.75, 3.05) is 0 Å². The first-order valence-corrected chi connectivity index (χ1v) is 10.5. The van der Waals surface area contributed by atoms with Crippen LogP contribution in [-0.2, 0) is 14.9 Å². The first-order chi connectivity index (χ1) is 14.3. The van der Waals surface area contributed by atoms with Gasteiger partial charge >= 0.3 is 10.1 Å². The van der Waals surface area contributed by atoms with Crippen LogP contribution in [0.4, 0.5) is 4.39 Å². The van der Waals surface area contributed by atoms with Gasteiger partial charge in [-0.15, -0.1) is 0 Å². The Kier molecular flexibility index (Phi) is 6.59. The van der Waals surface area contributed by atoms with E-state index < -0.39 is 15.9 Å². The standard InChI is InChI=1S/C24H19FO4S/c1-18-6-16-23(17-7-18)30(27,28)29-22-14-9-19(10-15-22)8-12-21(26)13-11-20-4-2-3-5-24(20)25/h2-17H,1H3/b12-8+,13-11+. The molecule has 0 amide bonds. The molecule has 0 aliphatic rings. The minimum atomic E-state index is -3.92. The van der Waals surface area contributed by atoms with E-state index in [0.29, 0.717) is 11.1 Å². The molecule has 0 heterocycles. The summed E-state index contributed by atoms with van der Waals surface area (Å²) in [4.78, 5) is 12.0. The summed E-state index contributed by atoms with van der Waals surface area (Å²) in [5.41, 5.74) is 1.96. The maximum absolute atomic E-state index is 13.5. The number of benzene rings is 3. The van der Waals surface area contributed by atoms with E-state index in [1.165, 1.54) is 48.6 Å². The molecule has 30 heavy (non-hydrogen) atoms. The van der Waals surface area contributed by atoms with Gasteiger partial charge in [-0.2, -0.15) is 8.42 Å². The summed E-state index contributed by atoms with van der Waals surface area (Å²) in [6.45, 7) is 1.87. The minimum absolute atomic E-state index is 0.0734. The summed E-state index contributed by atoms with van der Waals surface area (Å²) in [7, 11) is -3.92. The molecule has 0 aromatic heterocycles. The topological polar surface area (TPSA) is 60.4 Å². The van der Waals surface area contributed by atoms with E-state index in [9.17, 15) is 17.6 Å². The van der Waals surface area contributed by atoms with Crippen LogP contribution < -0.4 is 4.18 Å². The molecule has 0 bridgehead atoms. The van der Waals surface area contributed by atoms with Crippen LogP contribution in [0, 0.1) is 12.7 Å². The summed E-state index contributed by atoms with van der Waals surface area (Å²) in [6.07, 6.45) is 5.61. The molecule has 0 unspecified atom stereocenters. The number of aryl methyl sites for hydroxylation is 1. The number of hydrogen-bond acceptors (Lipinski definition) is 4. The highest BCUT2D eigenvalue weighted by Gasteiger charge is 2.16. The van der Waals surface area contributed by atoms with Gasteiger partial charge < -0.3 is 4.18 Å². The van der Waals surface area contributed by atoms with Crippen molar-refractivity contribution in [3.8, 4) is 5.75 Å². The number of allylic oxidation sites excluding steroid dienone is 2. The predicted octanol–water partition coefficient (Wildman–Crippen LogP) is 5.20. The highest BCUT2D eigenvalue weighted by molar-refractivity contribution is 7.87. The van der Waals surface area contributed by atoms with Crippen molar-refractivity contribution in [2.45, 2.75) is 11.8 Å². The number of hydrogen-bond donors (Lipinski definition) is 0. The lowest BCUT2D eigenvalue weighted by Crippen LogP contribution is -2.09. The largest absolute Gasteiger partial charge is 0.379 e. The molecule has 0 fully saturated rings. The number of rotatable bonds is 7. The normalized spacial score (nSPS) is 11.8. The molecular weight excluding hydrogens is 403 g/mol. The number of halogens is 1. The second-order valence-electron chi connectivity index (χ2n) is 6.51. The fourth-order valence-electron chi connectivity index (χ4n) is 2.53. The average Bonchev–Trinajstić information content (AvgIpc) is 2.73. The van der Waals surface area contributed by atoms with Crippen molar-refractivity contribution in [3.63, 3.8) is 0 Å². The van der Waals surface area contributed by atoms with Crippen LogP contribution in [0.1, 0.15) is 16.7 Å². The van der Waals surface area contributed by atoms with Gasteiger partial charge in [0.2, 0.25) is 0 Å². The summed E-state index contributed by atoms with van der Waals surface area (Å²) < 4.78 is 43.3. The van der Waals surface area contributed by atoms with Gasteiger partial charge in [0.1, 0.15) is 16.5 Å². The van der Waals surface area contributed by atoms with Crippen LogP contribution in [0.25, 0.3) is 12.2 Å². The molecule has 0 saturated carbocycles. The lowest BCUT2D eigenvalue weighted by atomic mass is 10.1. The Morgan fingerprint density at radius 3 is 2.17 bits per heavy atom. The Morgan fingerprint density at radius 1 is 0.867 bits per heavy atom. The SMILES string of the molecule is Cc1ccc(S(=O)(=O)Oc2ccc(/C=C/C(=O)/C=C/c3ccccc3F)cc2)cc1. The molecule has 3 aromatic rings. The summed E-state index contributed by atoms with van der Waals surface area (Å²) >= 11 is 0. The van der Waals surface area contributed by atoms with Crippen LogP contribution >= 0.6 is 0 Å². The van der Waals surface area contributed by atoms with Gasteiger partial charge in [-0.3, -0.25) is 4.79 Å². The number of ketones is 1. The fourth-order valence-corrected chi connectivity index (χ4v) is 3.46. The van der Waals surface area contributed by atoms with E-state index in [1.54, 1.807) is 48.5 Å². The molecule has 0 atom stereocenters. The van der Waals surface area contributed by atoms with Crippen molar-refractivity contribution in [1.29, 1.82) is 0 Å². The van der Waals surface area contributed by atoms with Crippen molar-refractivity contribution in [3.05, 3.63) is 107 Å². The summed E-state index contributed by atoms with van der Waals surface area (Å²) in [5.74, 6) is -0.541. The quantitative estimate of drug-likeness (QED) is 0.388. The molecule has 0 radical (unpaired) electrons. The van der Waals surface area contributed by atoms with Crippen LogP contribution in [0.3, 0.4) is 0 Å². The van der Waals surface area contributed by atoms with Crippen LogP contribution in [-0.4, -0.2) is 14.2 Å². The molecule has 0 aliphatic carbocycles. The van der Waals surface area contributed by atoms with Gasteiger partial charge in [0.15, 0.2) is 5.78 Å². The van der Waals surface area contributed by atoms with E-state index in [1.807, 2.05) is 6.92 Å². The molecule has 6 heteroatoms. The highest BCUT2D eigenvalue weighted by Crippen LogP contribution is 2.20. The smallest absolute Gasteiger partial charge is 0.339 e. The molecule has 3 rings (SSSR count). The third-order valence-corrected chi connectivity index (χ3v) is 5.43. The molecule has 0 spiro atoms. The van der Waals surface area contributed by atoms with Gasteiger partial charge in [-0.1, -0.05) is 54.1 Å². The maximum atomic E-state index is 13.5. The molecule has 0 aliphatic heterocycles. The highest BCUT2D eigenvalue weighted by atomic mass is 32.2. The van der Waals surface area contributed by atoms with Crippen molar-refractivity contribution < 1.29 is 21.8 Å². The molecule has 3 aromatic carbocycles. The first kappa shape index (κ1) is 21.2. The van der Waals surface area contributed by atoms with Crippen LogP contribution in [0.15, 0.2) is 89.8 Å². The molecular formula is C24H19FO4S. The summed E-state index contributed by atoms with van der Waals surface area (Å²) in [6, 6.07) is 18.8. The Morgan fingerprint density at radius 2 is 1.50 bits per heavy atom. The van der Waals surface area contributed by atoms with Crippen molar-refractivity contribution in [1.82, 2.24) is 0 Å². The third kappa shape index (κ3) is 5.75. The molecule has 0 N–H and O–H groups in total. The first-order valence-electron chi connectivity index (χ1n) is 9.09. The van der Waals surface area contributed by atoms with E-state index in [-0.39, 0.29) is 16.4 Å². The van der Waals surface area contributed by atoms with Crippen LogP contribution in [0.5, 0.6) is 5.75 Å². The zero-order valence-corrected chi connectivity index (χ0v) is 17.0. The number of carbonyl (C=O) groups excluding carboxylic acids is 1. The molecule has 0 saturated heterocycles. The third-order valence-electron chi connectivity index (χ3n) is 4.17. The zero-order chi connectivity index (χ0) is 21.6. The van der Waals surface area contributed by atoms with Crippen LogP contribution in [0.2, 0.25) is 0 Å². The lowest BCUT2D eigenvalue weighted by Gasteiger charge is -2.07. The van der Waals surface area contributed by atoms with Gasteiger partial charge in [0, 0.05) is 5.56 Å². The minimum Gasteiger partial charge on any atom is -0.379 e. The van der Waals surface area contributed by atoms with E-state index in [0.717, 1.165) is 5.56 Å². The number of carbonyl (C=O) groups is 1. The van der Waals surface area contributed by atoms with Crippen molar-refractivity contribution >= 4 is 28.1 Å². The Hall–Kier alpha value is -3.51. The van der Waals surface area contributed by atoms with E-state index >= 15 is 0 Å². The zero-order valence-electron chi connectivity index (χ0n) is 16.2. The average molecular weight is 422 g/mol. The second kappa shape index (κ2) is 9.33. The van der Waals surface area contributed by atoms with Gasteiger partial charge in [0.05, 0.1) is 0 Å².